The summed E-state index contributed by atoms with van der Waals surface area (Å²) in [5, 5.41) is 9.46. The molecule has 0 radical (unpaired) electrons. The van der Waals surface area contributed by atoms with Gasteiger partial charge in [-0.2, -0.15) is 5.26 Å². The highest BCUT2D eigenvalue weighted by molar-refractivity contribution is 5.89. The minimum Gasteiger partial charge on any atom is -0.497 e. The topological polar surface area (TPSA) is 42.2 Å². The van der Waals surface area contributed by atoms with E-state index in [2.05, 4.69) is 6.07 Å². The Morgan fingerprint density at radius 3 is 2.15 bits per heavy atom. The lowest BCUT2D eigenvalue weighted by molar-refractivity contribution is 0.306. The van der Waals surface area contributed by atoms with Gasteiger partial charge >= 0.3 is 0 Å². The van der Waals surface area contributed by atoms with E-state index in [1.807, 2.05) is 84.9 Å². The zero-order valence-corrected chi connectivity index (χ0v) is 14.6. The summed E-state index contributed by atoms with van der Waals surface area (Å²) in [6.07, 6.45) is 1.86. The van der Waals surface area contributed by atoms with Gasteiger partial charge in [0.25, 0.3) is 0 Å². The monoisotopic (exact) mass is 341 g/mol. The number of rotatable bonds is 6. The van der Waals surface area contributed by atoms with Crippen LogP contribution in [0, 0.1) is 11.3 Å². The molecule has 0 saturated carbocycles. The smallest absolute Gasteiger partial charge is 0.119 e. The number of benzene rings is 3. The highest BCUT2D eigenvalue weighted by Crippen LogP contribution is 2.22. The van der Waals surface area contributed by atoms with Crippen molar-refractivity contribution in [3.63, 3.8) is 0 Å². The molecular weight excluding hydrogens is 322 g/mol. The van der Waals surface area contributed by atoms with Gasteiger partial charge in [-0.15, -0.1) is 0 Å². The highest BCUT2D eigenvalue weighted by atomic mass is 16.5. The van der Waals surface area contributed by atoms with Crippen LogP contribution in [-0.4, -0.2) is 7.11 Å². The summed E-state index contributed by atoms with van der Waals surface area (Å²) in [7, 11) is 1.62. The van der Waals surface area contributed by atoms with E-state index in [1.54, 1.807) is 7.11 Å². The van der Waals surface area contributed by atoms with Crippen molar-refractivity contribution in [2.45, 2.75) is 6.61 Å². The molecule has 0 amide bonds. The van der Waals surface area contributed by atoms with E-state index in [-0.39, 0.29) is 0 Å². The van der Waals surface area contributed by atoms with Crippen LogP contribution in [0.2, 0.25) is 0 Å². The molecule has 0 aliphatic carbocycles. The van der Waals surface area contributed by atoms with Crippen LogP contribution in [0.5, 0.6) is 11.5 Å². The van der Waals surface area contributed by atoms with Crippen molar-refractivity contribution < 1.29 is 9.47 Å². The molecule has 0 aliphatic heterocycles. The average Bonchev–Trinajstić information content (AvgIpc) is 2.72. The van der Waals surface area contributed by atoms with Crippen LogP contribution in [-0.2, 0) is 6.61 Å². The SMILES string of the molecule is COc1ccc(/C(C#N)=C/c2ccc(OCc3ccccc3)cc2)cc1. The van der Waals surface area contributed by atoms with Crippen molar-refractivity contribution in [2.75, 3.05) is 7.11 Å². The molecule has 3 aromatic carbocycles. The van der Waals surface area contributed by atoms with E-state index in [9.17, 15) is 5.26 Å². The van der Waals surface area contributed by atoms with Crippen LogP contribution < -0.4 is 9.47 Å². The Hall–Kier alpha value is -3.51. The maximum atomic E-state index is 9.46. The Morgan fingerprint density at radius 1 is 0.885 bits per heavy atom. The second-order valence-electron chi connectivity index (χ2n) is 5.74. The number of allylic oxidation sites excluding steroid dienone is 1. The summed E-state index contributed by atoms with van der Waals surface area (Å²) < 4.78 is 10.9. The third-order valence-corrected chi connectivity index (χ3v) is 3.96. The van der Waals surface area contributed by atoms with Crippen molar-refractivity contribution in [1.29, 1.82) is 5.26 Å². The normalized spacial score (nSPS) is 10.8. The van der Waals surface area contributed by atoms with Gasteiger partial charge < -0.3 is 9.47 Å². The lowest BCUT2D eigenvalue weighted by atomic mass is 10.0. The molecule has 0 heterocycles. The van der Waals surface area contributed by atoms with Crippen molar-refractivity contribution in [1.82, 2.24) is 0 Å². The molecule has 3 nitrogen and oxygen atoms in total. The molecule has 0 bridgehead atoms. The van der Waals surface area contributed by atoms with E-state index >= 15 is 0 Å². The zero-order valence-electron chi connectivity index (χ0n) is 14.6. The van der Waals surface area contributed by atoms with Crippen molar-refractivity contribution in [3.8, 4) is 17.6 Å². The first-order valence-corrected chi connectivity index (χ1v) is 8.31. The molecule has 0 aliphatic rings. The Balaban J connectivity index is 1.70. The molecule has 3 heteroatoms. The van der Waals surface area contributed by atoms with Crippen LogP contribution in [0.25, 0.3) is 11.6 Å². The Morgan fingerprint density at radius 2 is 1.54 bits per heavy atom. The molecule has 3 aromatic rings. The minimum atomic E-state index is 0.533. The van der Waals surface area contributed by atoms with Gasteiger partial charge in [0.05, 0.1) is 18.8 Å². The maximum Gasteiger partial charge on any atom is 0.119 e. The number of nitriles is 1. The molecule has 0 N–H and O–H groups in total. The summed E-state index contributed by atoms with van der Waals surface area (Å²) in [5.74, 6) is 1.57. The van der Waals surface area contributed by atoms with Crippen molar-refractivity contribution >= 4 is 11.6 Å². The molecular formula is C23H19NO2. The molecule has 128 valence electrons. The van der Waals surface area contributed by atoms with Crippen molar-refractivity contribution in [3.05, 3.63) is 95.6 Å². The predicted octanol–water partition coefficient (Wildman–Crippen LogP) is 5.34. The zero-order chi connectivity index (χ0) is 18.2. The van der Waals surface area contributed by atoms with Gasteiger partial charge in [-0.3, -0.25) is 0 Å². The molecule has 26 heavy (non-hydrogen) atoms. The Bertz CT molecular complexity index is 905. The largest absolute Gasteiger partial charge is 0.497 e. The predicted molar refractivity (Wildman–Crippen MR) is 104 cm³/mol. The van der Waals surface area contributed by atoms with E-state index in [1.165, 1.54) is 0 Å². The highest BCUT2D eigenvalue weighted by Gasteiger charge is 2.02. The Kier molecular flexibility index (Phi) is 5.69. The van der Waals surface area contributed by atoms with Crippen LogP contribution in [0.3, 0.4) is 0 Å². The standard InChI is InChI=1S/C23H19NO2/c1-25-22-13-9-20(10-14-22)21(16-24)15-18-7-11-23(12-8-18)26-17-19-5-3-2-4-6-19/h2-15H,17H2,1H3/b21-15+. The van der Waals surface area contributed by atoms with E-state index < -0.39 is 0 Å². The summed E-state index contributed by atoms with van der Waals surface area (Å²) in [6.45, 7) is 0.533. The molecule has 3 rings (SSSR count). The molecule has 0 spiro atoms. The minimum absolute atomic E-state index is 0.533. The lowest BCUT2D eigenvalue weighted by Crippen LogP contribution is -1.94. The first kappa shape index (κ1) is 17.3. The fourth-order valence-corrected chi connectivity index (χ4v) is 2.52. The number of hydrogen-bond donors (Lipinski definition) is 0. The fourth-order valence-electron chi connectivity index (χ4n) is 2.52. The van der Waals surface area contributed by atoms with Gasteiger partial charge in [0.2, 0.25) is 0 Å². The van der Waals surface area contributed by atoms with Gasteiger partial charge in [0, 0.05) is 0 Å². The number of hydrogen-bond acceptors (Lipinski definition) is 3. The summed E-state index contributed by atoms with van der Waals surface area (Å²) in [5.41, 5.74) is 3.54. The van der Waals surface area contributed by atoms with E-state index in [4.69, 9.17) is 9.47 Å². The summed E-state index contributed by atoms with van der Waals surface area (Å²) in [4.78, 5) is 0. The molecule has 0 unspecified atom stereocenters. The van der Waals surface area contributed by atoms with E-state index in [0.29, 0.717) is 12.2 Å². The van der Waals surface area contributed by atoms with Gasteiger partial charge in [-0.05, 0) is 59.2 Å². The molecule has 0 atom stereocenters. The second-order valence-corrected chi connectivity index (χ2v) is 5.74. The third kappa shape index (κ3) is 4.52. The number of methoxy groups -OCH3 is 1. The number of nitrogens with zero attached hydrogens (tertiary/aromatic N) is 1. The Labute approximate surface area is 153 Å². The van der Waals surface area contributed by atoms with Crippen molar-refractivity contribution in [2.24, 2.45) is 0 Å². The van der Waals surface area contributed by atoms with Gasteiger partial charge in [-0.1, -0.05) is 42.5 Å². The first-order valence-electron chi connectivity index (χ1n) is 8.31. The molecule has 0 saturated heterocycles. The van der Waals surface area contributed by atoms with Crippen LogP contribution in [0.1, 0.15) is 16.7 Å². The third-order valence-electron chi connectivity index (χ3n) is 3.96. The second kappa shape index (κ2) is 8.55. The van der Waals surface area contributed by atoms with Crippen LogP contribution >= 0.6 is 0 Å². The summed E-state index contributed by atoms with van der Waals surface area (Å²) in [6, 6.07) is 27.5. The van der Waals surface area contributed by atoms with Crippen LogP contribution in [0.15, 0.2) is 78.9 Å². The number of ether oxygens (including phenoxy) is 2. The molecule has 0 fully saturated rings. The lowest BCUT2D eigenvalue weighted by Gasteiger charge is -2.07. The fraction of sp³-hybridized carbons (Fsp3) is 0.0870. The van der Waals surface area contributed by atoms with E-state index in [0.717, 1.165) is 28.2 Å². The quantitative estimate of drug-likeness (QED) is 0.449. The van der Waals surface area contributed by atoms with Gasteiger partial charge in [0.15, 0.2) is 0 Å². The van der Waals surface area contributed by atoms with Gasteiger partial charge in [0.1, 0.15) is 18.1 Å². The average molecular weight is 341 g/mol. The maximum absolute atomic E-state index is 9.46. The first-order chi connectivity index (χ1) is 12.8. The molecule has 0 aromatic heterocycles. The summed E-state index contributed by atoms with van der Waals surface area (Å²) >= 11 is 0. The van der Waals surface area contributed by atoms with Crippen LogP contribution in [0.4, 0.5) is 0 Å². The van der Waals surface area contributed by atoms with Gasteiger partial charge in [-0.25, -0.2) is 0 Å².